The summed E-state index contributed by atoms with van der Waals surface area (Å²) in [4.78, 5) is 0. The predicted molar refractivity (Wildman–Crippen MR) is 86.0 cm³/mol. The second-order valence-electron chi connectivity index (χ2n) is 6.43. The molecule has 2 aromatic rings. The average Bonchev–Trinajstić information content (AvgIpc) is 2.57. The zero-order valence-corrected chi connectivity index (χ0v) is 13.3. The van der Waals surface area contributed by atoms with Gasteiger partial charge in [-0.25, -0.2) is 13.2 Å². The van der Waals surface area contributed by atoms with Crippen LogP contribution in [0.25, 0.3) is 0 Å². The van der Waals surface area contributed by atoms with Crippen molar-refractivity contribution in [3.8, 4) is 0 Å². The van der Waals surface area contributed by atoms with Crippen molar-refractivity contribution in [2.75, 3.05) is 0 Å². The molecule has 2 aromatic carbocycles. The minimum Gasteiger partial charge on any atom is -0.207 e. The van der Waals surface area contributed by atoms with E-state index in [1.807, 2.05) is 19.1 Å². The first-order valence-electron chi connectivity index (χ1n) is 8.31. The number of fused-ring (bicyclic) bond motifs is 1. The fraction of sp³-hybridized carbons (Fsp3) is 0.400. The standard InChI is InChI=1S/C20H21F3/c1-2-13-3-6-15(19(22)12-13)7-4-14-5-9-17-16(11-14)8-10-18(21)20(17)23/h3,6,8,10,12,14H,2,4-5,7,9,11H2,1H3. The van der Waals surface area contributed by atoms with Gasteiger partial charge in [-0.2, -0.15) is 0 Å². The number of hydrogen-bond acceptors (Lipinski definition) is 0. The molecule has 0 fully saturated rings. The molecule has 0 radical (unpaired) electrons. The molecular formula is C20H21F3. The highest BCUT2D eigenvalue weighted by Gasteiger charge is 2.23. The maximum atomic E-state index is 14.0. The third kappa shape index (κ3) is 3.44. The summed E-state index contributed by atoms with van der Waals surface area (Å²) in [7, 11) is 0. The second kappa shape index (κ2) is 6.77. The van der Waals surface area contributed by atoms with Crippen molar-refractivity contribution in [2.45, 2.75) is 45.4 Å². The molecule has 1 unspecified atom stereocenters. The van der Waals surface area contributed by atoms with Gasteiger partial charge in [0.05, 0.1) is 0 Å². The van der Waals surface area contributed by atoms with Crippen LogP contribution in [-0.4, -0.2) is 0 Å². The minimum atomic E-state index is -0.764. The highest BCUT2D eigenvalue weighted by Crippen LogP contribution is 2.31. The van der Waals surface area contributed by atoms with Gasteiger partial charge in [-0.3, -0.25) is 0 Å². The summed E-state index contributed by atoms with van der Waals surface area (Å²) in [5, 5.41) is 0. The van der Waals surface area contributed by atoms with Gasteiger partial charge in [0.1, 0.15) is 5.82 Å². The van der Waals surface area contributed by atoms with E-state index in [4.69, 9.17) is 0 Å². The van der Waals surface area contributed by atoms with Crippen LogP contribution in [0.5, 0.6) is 0 Å². The van der Waals surface area contributed by atoms with Gasteiger partial charge in [0.2, 0.25) is 0 Å². The van der Waals surface area contributed by atoms with Crippen LogP contribution >= 0.6 is 0 Å². The van der Waals surface area contributed by atoms with Gasteiger partial charge in [0.15, 0.2) is 11.6 Å². The lowest BCUT2D eigenvalue weighted by Crippen LogP contribution is -2.17. The number of aryl methyl sites for hydroxylation is 2. The lowest BCUT2D eigenvalue weighted by atomic mass is 9.81. The van der Waals surface area contributed by atoms with Crippen LogP contribution in [0.2, 0.25) is 0 Å². The summed E-state index contributed by atoms with van der Waals surface area (Å²) in [6.07, 6.45) is 4.56. The van der Waals surface area contributed by atoms with Gasteiger partial charge in [0.25, 0.3) is 0 Å². The summed E-state index contributed by atoms with van der Waals surface area (Å²) >= 11 is 0. The molecular weight excluding hydrogens is 297 g/mol. The Morgan fingerprint density at radius 3 is 2.61 bits per heavy atom. The molecule has 0 heterocycles. The monoisotopic (exact) mass is 318 g/mol. The van der Waals surface area contributed by atoms with Crippen molar-refractivity contribution in [3.63, 3.8) is 0 Å². The predicted octanol–water partition coefficient (Wildman–Crippen LogP) is 5.40. The van der Waals surface area contributed by atoms with E-state index >= 15 is 0 Å². The van der Waals surface area contributed by atoms with Gasteiger partial charge < -0.3 is 0 Å². The van der Waals surface area contributed by atoms with Crippen LogP contribution in [0.15, 0.2) is 30.3 Å². The van der Waals surface area contributed by atoms with E-state index in [0.29, 0.717) is 24.3 Å². The van der Waals surface area contributed by atoms with Gasteiger partial charge in [-0.15, -0.1) is 0 Å². The number of rotatable bonds is 4. The topological polar surface area (TPSA) is 0 Å². The number of halogens is 3. The molecule has 0 saturated carbocycles. The van der Waals surface area contributed by atoms with Crippen molar-refractivity contribution in [1.29, 1.82) is 0 Å². The van der Waals surface area contributed by atoms with Crippen molar-refractivity contribution in [1.82, 2.24) is 0 Å². The van der Waals surface area contributed by atoms with E-state index < -0.39 is 11.6 Å². The molecule has 1 aliphatic rings. The van der Waals surface area contributed by atoms with Gasteiger partial charge in [-0.1, -0.05) is 25.1 Å². The first-order chi connectivity index (χ1) is 11.1. The van der Waals surface area contributed by atoms with Gasteiger partial charge >= 0.3 is 0 Å². The van der Waals surface area contributed by atoms with Crippen molar-refractivity contribution < 1.29 is 13.2 Å². The molecule has 1 atom stereocenters. The zero-order valence-electron chi connectivity index (χ0n) is 13.3. The quantitative estimate of drug-likeness (QED) is 0.707. The fourth-order valence-electron chi connectivity index (χ4n) is 3.48. The van der Waals surface area contributed by atoms with E-state index in [1.165, 1.54) is 6.07 Å². The minimum absolute atomic E-state index is 0.131. The zero-order chi connectivity index (χ0) is 16.4. The van der Waals surface area contributed by atoms with Crippen LogP contribution in [0.1, 0.15) is 42.0 Å². The van der Waals surface area contributed by atoms with Crippen molar-refractivity contribution >= 4 is 0 Å². The van der Waals surface area contributed by atoms with Gasteiger partial charge in [0, 0.05) is 0 Å². The first kappa shape index (κ1) is 16.1. The molecule has 23 heavy (non-hydrogen) atoms. The van der Waals surface area contributed by atoms with Crippen LogP contribution in [0, 0.1) is 23.4 Å². The molecule has 0 saturated heterocycles. The maximum Gasteiger partial charge on any atom is 0.162 e. The molecule has 122 valence electrons. The van der Waals surface area contributed by atoms with E-state index in [2.05, 4.69) is 0 Å². The SMILES string of the molecule is CCc1ccc(CCC2CCc3c(ccc(F)c3F)C2)c(F)c1. The Morgan fingerprint density at radius 2 is 1.87 bits per heavy atom. The smallest absolute Gasteiger partial charge is 0.162 e. The Morgan fingerprint density at radius 1 is 1.04 bits per heavy atom. The molecule has 3 heteroatoms. The normalized spacial score (nSPS) is 17.1. The van der Waals surface area contributed by atoms with E-state index in [-0.39, 0.29) is 5.82 Å². The highest BCUT2D eigenvalue weighted by atomic mass is 19.2. The van der Waals surface area contributed by atoms with Crippen LogP contribution in [0.3, 0.4) is 0 Å². The first-order valence-corrected chi connectivity index (χ1v) is 8.31. The summed E-state index contributed by atoms with van der Waals surface area (Å²) in [5.74, 6) is -1.19. The molecule has 0 aliphatic heterocycles. The third-order valence-corrected chi connectivity index (χ3v) is 4.95. The van der Waals surface area contributed by atoms with Crippen LogP contribution in [0.4, 0.5) is 13.2 Å². The molecule has 0 nitrogen and oxygen atoms in total. The number of benzene rings is 2. The summed E-state index contributed by atoms with van der Waals surface area (Å²) in [6.45, 7) is 2.01. The summed E-state index contributed by atoms with van der Waals surface area (Å²) < 4.78 is 41.1. The molecule has 3 rings (SSSR count). The summed E-state index contributed by atoms with van der Waals surface area (Å²) in [6, 6.07) is 8.37. The highest BCUT2D eigenvalue weighted by molar-refractivity contribution is 5.32. The Labute approximate surface area is 135 Å². The van der Waals surface area contributed by atoms with E-state index in [0.717, 1.165) is 42.4 Å². The molecule has 0 bridgehead atoms. The average molecular weight is 318 g/mol. The fourth-order valence-corrected chi connectivity index (χ4v) is 3.48. The third-order valence-electron chi connectivity index (χ3n) is 4.95. The summed E-state index contributed by atoms with van der Waals surface area (Å²) in [5.41, 5.74) is 3.19. The second-order valence-corrected chi connectivity index (χ2v) is 6.43. The van der Waals surface area contributed by atoms with Crippen LogP contribution in [-0.2, 0) is 25.7 Å². The van der Waals surface area contributed by atoms with Crippen molar-refractivity contribution in [3.05, 3.63) is 70.0 Å². The number of hydrogen-bond donors (Lipinski definition) is 0. The Hall–Kier alpha value is -1.77. The Kier molecular flexibility index (Phi) is 4.74. The van der Waals surface area contributed by atoms with Crippen molar-refractivity contribution in [2.24, 2.45) is 5.92 Å². The molecule has 0 aromatic heterocycles. The molecule has 0 amide bonds. The van der Waals surface area contributed by atoms with E-state index in [1.54, 1.807) is 12.1 Å². The molecule has 0 N–H and O–H groups in total. The van der Waals surface area contributed by atoms with Crippen LogP contribution < -0.4 is 0 Å². The molecule has 0 spiro atoms. The Balaban J connectivity index is 1.65. The van der Waals surface area contributed by atoms with Gasteiger partial charge in [-0.05, 0) is 78.8 Å². The lowest BCUT2D eigenvalue weighted by molar-refractivity contribution is 0.407. The molecule has 1 aliphatic carbocycles. The Bertz CT molecular complexity index is 706. The maximum absolute atomic E-state index is 14.0. The largest absolute Gasteiger partial charge is 0.207 e. The lowest BCUT2D eigenvalue weighted by Gasteiger charge is -2.25. The van der Waals surface area contributed by atoms with E-state index in [9.17, 15) is 13.2 Å².